The molecule has 1 aromatic heterocycles. The van der Waals surface area contributed by atoms with Crippen LogP contribution in [0.1, 0.15) is 35.7 Å². The van der Waals surface area contributed by atoms with Gasteiger partial charge in [-0.2, -0.15) is 10.4 Å². The molecule has 1 aromatic carbocycles. The topological polar surface area (TPSA) is 48.1 Å². The van der Waals surface area contributed by atoms with Crippen LogP contribution in [0.2, 0.25) is 0 Å². The molecule has 1 aliphatic heterocycles. The summed E-state index contributed by atoms with van der Waals surface area (Å²) in [5, 5.41) is 13.7. The van der Waals surface area contributed by atoms with Crippen molar-refractivity contribution in [2.45, 2.75) is 25.4 Å². The van der Waals surface area contributed by atoms with Crippen molar-refractivity contribution in [1.82, 2.24) is 19.6 Å². The number of hydrogen-bond donors (Lipinski definition) is 0. The number of rotatable bonds is 5. The van der Waals surface area contributed by atoms with Gasteiger partial charge in [-0.1, -0.05) is 18.2 Å². The van der Waals surface area contributed by atoms with E-state index < -0.39 is 0 Å². The monoisotopic (exact) mass is 337 g/mol. The maximum Gasteiger partial charge on any atom is 0.0995 e. The van der Waals surface area contributed by atoms with Crippen LogP contribution in [-0.4, -0.2) is 46.8 Å². The standard InChI is InChI=1S/C20H27N5/c1-23(14-17-8-5-4-7-16(17)13-21)15-18-9-6-12-24(2)20(18)19-10-11-22-25(19)3/h4-5,7-8,10-11,18,20H,6,9,12,14-15H2,1-3H3/t18-,20+/m0/s1. The van der Waals surface area contributed by atoms with Crippen molar-refractivity contribution >= 4 is 0 Å². The fourth-order valence-corrected chi connectivity index (χ4v) is 4.12. The molecule has 1 saturated heterocycles. The Morgan fingerprint density at radius 3 is 2.80 bits per heavy atom. The van der Waals surface area contributed by atoms with Crippen molar-refractivity contribution in [2.75, 3.05) is 27.2 Å². The second kappa shape index (κ2) is 7.81. The summed E-state index contributed by atoms with van der Waals surface area (Å²) in [6, 6.07) is 12.7. The first-order chi connectivity index (χ1) is 12.1. The summed E-state index contributed by atoms with van der Waals surface area (Å²) in [6.07, 6.45) is 4.35. The minimum absolute atomic E-state index is 0.398. The summed E-state index contributed by atoms with van der Waals surface area (Å²) in [4.78, 5) is 4.81. The quantitative estimate of drug-likeness (QED) is 0.842. The molecule has 2 atom stereocenters. The summed E-state index contributed by atoms with van der Waals surface area (Å²) in [5.41, 5.74) is 3.17. The maximum atomic E-state index is 9.30. The Kier molecular flexibility index (Phi) is 5.52. The van der Waals surface area contributed by atoms with Gasteiger partial charge in [-0.3, -0.25) is 9.58 Å². The largest absolute Gasteiger partial charge is 0.302 e. The number of nitrogens with zero attached hydrogens (tertiary/aromatic N) is 5. The summed E-state index contributed by atoms with van der Waals surface area (Å²) in [6.45, 7) is 2.95. The van der Waals surface area contributed by atoms with E-state index in [0.29, 0.717) is 12.0 Å². The van der Waals surface area contributed by atoms with E-state index in [2.05, 4.69) is 47.2 Å². The number of hydrogen-bond acceptors (Lipinski definition) is 4. The molecular formula is C20H27N5. The van der Waals surface area contributed by atoms with Crippen LogP contribution < -0.4 is 0 Å². The minimum Gasteiger partial charge on any atom is -0.302 e. The maximum absolute atomic E-state index is 9.30. The Balaban J connectivity index is 1.73. The lowest BCUT2D eigenvalue weighted by Gasteiger charge is -2.40. The zero-order valence-electron chi connectivity index (χ0n) is 15.4. The van der Waals surface area contributed by atoms with Crippen LogP contribution in [0.15, 0.2) is 36.5 Å². The molecule has 0 amide bonds. The molecule has 2 heterocycles. The van der Waals surface area contributed by atoms with Gasteiger partial charge in [-0.05, 0) is 57.1 Å². The number of aryl methyl sites for hydroxylation is 1. The van der Waals surface area contributed by atoms with Gasteiger partial charge in [0, 0.05) is 26.3 Å². The first kappa shape index (κ1) is 17.7. The van der Waals surface area contributed by atoms with Gasteiger partial charge in [-0.25, -0.2) is 0 Å². The van der Waals surface area contributed by atoms with E-state index in [0.717, 1.165) is 30.8 Å². The number of aromatic nitrogens is 2. The Bertz CT molecular complexity index is 745. The first-order valence-corrected chi connectivity index (χ1v) is 8.95. The summed E-state index contributed by atoms with van der Waals surface area (Å²) >= 11 is 0. The first-order valence-electron chi connectivity index (χ1n) is 8.95. The molecule has 0 spiro atoms. The third kappa shape index (κ3) is 3.92. The highest BCUT2D eigenvalue weighted by atomic mass is 15.3. The third-order valence-electron chi connectivity index (χ3n) is 5.29. The Morgan fingerprint density at radius 2 is 2.08 bits per heavy atom. The van der Waals surface area contributed by atoms with Crippen LogP contribution in [0.25, 0.3) is 0 Å². The molecule has 132 valence electrons. The van der Waals surface area contributed by atoms with Crippen LogP contribution in [0, 0.1) is 17.2 Å². The number of nitriles is 1. The van der Waals surface area contributed by atoms with Crippen molar-refractivity contribution in [2.24, 2.45) is 13.0 Å². The lowest BCUT2D eigenvalue weighted by atomic mass is 9.86. The van der Waals surface area contributed by atoms with Crippen molar-refractivity contribution < 1.29 is 0 Å². The predicted molar refractivity (Wildman–Crippen MR) is 98.8 cm³/mol. The average molecular weight is 337 g/mol. The molecule has 25 heavy (non-hydrogen) atoms. The second-order valence-electron chi connectivity index (χ2n) is 7.17. The minimum atomic E-state index is 0.398. The second-order valence-corrected chi connectivity index (χ2v) is 7.17. The van der Waals surface area contributed by atoms with Crippen LogP contribution in [0.4, 0.5) is 0 Å². The summed E-state index contributed by atoms with van der Waals surface area (Å²) < 4.78 is 2.00. The fraction of sp³-hybridized carbons (Fsp3) is 0.500. The molecule has 0 saturated carbocycles. The Hall–Kier alpha value is -2.16. The van der Waals surface area contributed by atoms with Gasteiger partial charge in [0.25, 0.3) is 0 Å². The molecule has 1 aliphatic rings. The van der Waals surface area contributed by atoms with Crippen molar-refractivity contribution in [3.63, 3.8) is 0 Å². The lowest BCUT2D eigenvalue weighted by Crippen LogP contribution is -2.41. The molecule has 0 aliphatic carbocycles. The highest BCUT2D eigenvalue weighted by molar-refractivity contribution is 5.37. The number of benzene rings is 1. The van der Waals surface area contributed by atoms with Gasteiger partial charge in [0.2, 0.25) is 0 Å². The van der Waals surface area contributed by atoms with Gasteiger partial charge >= 0.3 is 0 Å². The molecule has 5 heteroatoms. The van der Waals surface area contributed by atoms with E-state index in [1.165, 1.54) is 18.5 Å². The molecule has 0 unspecified atom stereocenters. The van der Waals surface area contributed by atoms with E-state index in [1.54, 1.807) is 0 Å². The predicted octanol–water partition coefficient (Wildman–Crippen LogP) is 2.81. The van der Waals surface area contributed by atoms with Crippen LogP contribution >= 0.6 is 0 Å². The SMILES string of the molecule is CN(Cc1ccccc1C#N)C[C@@H]1CCCN(C)[C@H]1c1ccnn1C. The van der Waals surface area contributed by atoms with Gasteiger partial charge in [0.1, 0.15) is 0 Å². The van der Waals surface area contributed by atoms with Crippen LogP contribution in [-0.2, 0) is 13.6 Å². The molecule has 2 aromatic rings. The van der Waals surface area contributed by atoms with Crippen molar-refractivity contribution in [1.29, 1.82) is 5.26 Å². The zero-order valence-corrected chi connectivity index (χ0v) is 15.4. The Morgan fingerprint density at radius 1 is 1.28 bits per heavy atom. The van der Waals surface area contributed by atoms with E-state index in [4.69, 9.17) is 0 Å². The molecular weight excluding hydrogens is 310 g/mol. The smallest absolute Gasteiger partial charge is 0.0995 e. The highest BCUT2D eigenvalue weighted by Gasteiger charge is 2.32. The zero-order chi connectivity index (χ0) is 17.8. The van der Waals surface area contributed by atoms with Gasteiger partial charge in [-0.15, -0.1) is 0 Å². The van der Waals surface area contributed by atoms with E-state index in [1.807, 2.05) is 36.1 Å². The van der Waals surface area contributed by atoms with Crippen LogP contribution in [0.3, 0.4) is 0 Å². The number of piperidine rings is 1. The van der Waals surface area contributed by atoms with Crippen LogP contribution in [0.5, 0.6) is 0 Å². The molecule has 5 nitrogen and oxygen atoms in total. The van der Waals surface area contributed by atoms with Gasteiger partial charge in [0.05, 0.1) is 23.4 Å². The fourth-order valence-electron chi connectivity index (χ4n) is 4.12. The van der Waals surface area contributed by atoms with E-state index >= 15 is 0 Å². The summed E-state index contributed by atoms with van der Waals surface area (Å²) in [7, 11) is 6.40. The molecule has 0 radical (unpaired) electrons. The molecule has 0 N–H and O–H groups in total. The number of likely N-dealkylation sites (tertiary alicyclic amines) is 1. The molecule has 3 rings (SSSR count). The Labute approximate surface area is 150 Å². The van der Waals surface area contributed by atoms with Gasteiger partial charge < -0.3 is 4.90 Å². The normalized spacial score (nSPS) is 21.4. The molecule has 0 bridgehead atoms. The van der Waals surface area contributed by atoms with Crippen molar-refractivity contribution in [3.05, 3.63) is 53.3 Å². The highest BCUT2D eigenvalue weighted by Crippen LogP contribution is 2.35. The van der Waals surface area contributed by atoms with Crippen molar-refractivity contribution in [3.8, 4) is 6.07 Å². The van der Waals surface area contributed by atoms with E-state index in [9.17, 15) is 5.26 Å². The lowest BCUT2D eigenvalue weighted by molar-refractivity contribution is 0.0873. The molecule has 1 fully saturated rings. The van der Waals surface area contributed by atoms with E-state index in [-0.39, 0.29) is 0 Å². The van der Waals surface area contributed by atoms with Gasteiger partial charge in [0.15, 0.2) is 0 Å². The summed E-state index contributed by atoms with van der Waals surface area (Å²) in [5.74, 6) is 0.563. The average Bonchev–Trinajstić information content (AvgIpc) is 3.01. The third-order valence-corrected chi connectivity index (χ3v) is 5.29.